The molecule has 5 heteroatoms. The van der Waals surface area contributed by atoms with E-state index in [-0.39, 0.29) is 0 Å². The van der Waals surface area contributed by atoms with Gasteiger partial charge in [0.05, 0.1) is 11.6 Å². The van der Waals surface area contributed by atoms with Gasteiger partial charge in [-0.1, -0.05) is 13.3 Å². The van der Waals surface area contributed by atoms with E-state index < -0.39 is 0 Å². The van der Waals surface area contributed by atoms with E-state index in [9.17, 15) is 0 Å². The van der Waals surface area contributed by atoms with E-state index >= 15 is 0 Å². The highest BCUT2D eigenvalue weighted by Crippen LogP contribution is 2.33. The first-order valence-corrected chi connectivity index (χ1v) is 7.25. The molecule has 0 atom stereocenters. The fraction of sp³-hybridized carbons (Fsp3) is 0.692. The summed E-state index contributed by atoms with van der Waals surface area (Å²) in [5, 5.41) is 4.59. The van der Waals surface area contributed by atoms with E-state index in [1.54, 1.807) is 0 Å². The highest BCUT2D eigenvalue weighted by atomic mass is 35.5. The zero-order valence-corrected chi connectivity index (χ0v) is 11.7. The van der Waals surface area contributed by atoms with Crippen molar-refractivity contribution in [3.63, 3.8) is 0 Å². The van der Waals surface area contributed by atoms with Crippen molar-refractivity contribution in [3.8, 4) is 0 Å². The van der Waals surface area contributed by atoms with E-state index in [0.29, 0.717) is 5.88 Å². The minimum absolute atomic E-state index is 0.479. The van der Waals surface area contributed by atoms with Crippen molar-refractivity contribution in [1.29, 1.82) is 0 Å². The smallest absolute Gasteiger partial charge is 0.158 e. The number of aryl methyl sites for hydroxylation is 2. The highest BCUT2D eigenvalue weighted by Gasteiger charge is 2.26. The molecule has 2 heterocycles. The summed E-state index contributed by atoms with van der Waals surface area (Å²) < 4.78 is 4.23. The number of hydrogen-bond donors (Lipinski definition) is 0. The monoisotopic (exact) mass is 266 g/mol. The number of nitrogens with zero attached hydrogens (tertiary/aromatic N) is 4. The second-order valence-electron chi connectivity index (χ2n) is 5.21. The molecular weight excluding hydrogens is 248 g/mol. The lowest BCUT2D eigenvalue weighted by atomic mass is 10.2. The summed E-state index contributed by atoms with van der Waals surface area (Å²) in [5.74, 6) is 2.28. The first-order chi connectivity index (χ1) is 8.74. The van der Waals surface area contributed by atoms with Crippen LogP contribution in [-0.4, -0.2) is 19.3 Å². The molecule has 3 rings (SSSR count). The van der Waals surface area contributed by atoms with Crippen LogP contribution in [0.5, 0.6) is 0 Å². The predicted molar refractivity (Wildman–Crippen MR) is 72.8 cm³/mol. The van der Waals surface area contributed by atoms with Crippen LogP contribution in [0, 0.1) is 5.92 Å². The summed E-state index contributed by atoms with van der Waals surface area (Å²) in [4.78, 5) is 4.70. The van der Waals surface area contributed by atoms with Gasteiger partial charge in [0, 0.05) is 13.6 Å². The van der Waals surface area contributed by atoms with Gasteiger partial charge in [0.2, 0.25) is 0 Å². The van der Waals surface area contributed by atoms with Gasteiger partial charge in [-0.3, -0.25) is 4.68 Å². The Hall–Kier alpha value is -1.03. The topological polar surface area (TPSA) is 35.6 Å². The number of hydrogen-bond acceptors (Lipinski definition) is 2. The van der Waals surface area contributed by atoms with Crippen molar-refractivity contribution in [2.45, 2.75) is 45.0 Å². The third-order valence-corrected chi connectivity index (χ3v) is 3.85. The molecule has 18 heavy (non-hydrogen) atoms. The van der Waals surface area contributed by atoms with Crippen molar-refractivity contribution in [3.05, 3.63) is 11.5 Å². The molecule has 2 aromatic rings. The van der Waals surface area contributed by atoms with Crippen molar-refractivity contribution < 1.29 is 0 Å². The molecule has 4 nitrogen and oxygen atoms in total. The molecule has 0 radical (unpaired) electrons. The van der Waals surface area contributed by atoms with Crippen molar-refractivity contribution in [2.75, 3.05) is 0 Å². The van der Waals surface area contributed by atoms with Crippen molar-refractivity contribution >= 4 is 22.8 Å². The summed E-state index contributed by atoms with van der Waals surface area (Å²) in [6.07, 6.45) is 4.75. The zero-order chi connectivity index (χ0) is 12.7. The van der Waals surface area contributed by atoms with Gasteiger partial charge in [0.25, 0.3) is 0 Å². The van der Waals surface area contributed by atoms with E-state index in [2.05, 4.69) is 16.6 Å². The van der Waals surface area contributed by atoms with Crippen LogP contribution >= 0.6 is 11.6 Å². The van der Waals surface area contributed by atoms with E-state index in [4.69, 9.17) is 16.6 Å². The Balaban J connectivity index is 2.11. The molecule has 0 amide bonds. The van der Waals surface area contributed by atoms with E-state index in [1.807, 2.05) is 11.7 Å². The molecule has 0 aliphatic heterocycles. The number of halogens is 1. The van der Waals surface area contributed by atoms with Crippen LogP contribution in [0.25, 0.3) is 11.2 Å². The lowest BCUT2D eigenvalue weighted by Crippen LogP contribution is -2.07. The first-order valence-electron chi connectivity index (χ1n) is 6.71. The summed E-state index contributed by atoms with van der Waals surface area (Å²) >= 11 is 6.03. The average Bonchev–Trinajstić information content (AvgIpc) is 3.01. The third kappa shape index (κ3) is 1.92. The standard InChI is InChI=1S/C13H19ClN4/c1-3-4-10-12-13(17(2)16-10)18(8-9-5-6-9)11(7-14)15-12/h9H,3-8H2,1-2H3. The predicted octanol–water partition coefficient (Wildman–Crippen LogP) is 2.87. The normalized spacial score (nSPS) is 15.7. The van der Waals surface area contributed by atoms with Gasteiger partial charge in [-0.05, 0) is 25.2 Å². The average molecular weight is 267 g/mol. The quantitative estimate of drug-likeness (QED) is 0.780. The molecule has 2 aromatic heterocycles. The molecule has 1 aliphatic carbocycles. The minimum Gasteiger partial charge on any atom is -0.312 e. The number of imidazole rings is 1. The largest absolute Gasteiger partial charge is 0.312 e. The van der Waals surface area contributed by atoms with Crippen LogP contribution in [0.4, 0.5) is 0 Å². The van der Waals surface area contributed by atoms with E-state index in [1.165, 1.54) is 12.8 Å². The summed E-state index contributed by atoms with van der Waals surface area (Å²) in [6.45, 7) is 3.22. The van der Waals surface area contributed by atoms with E-state index in [0.717, 1.165) is 48.0 Å². The Morgan fingerprint density at radius 2 is 2.17 bits per heavy atom. The molecule has 1 aliphatic rings. The number of aromatic nitrogens is 4. The van der Waals surface area contributed by atoms with Gasteiger partial charge in [0.15, 0.2) is 5.65 Å². The molecule has 0 unspecified atom stereocenters. The molecule has 1 fully saturated rings. The number of alkyl halides is 1. The number of fused-ring (bicyclic) bond motifs is 1. The molecule has 0 spiro atoms. The zero-order valence-electron chi connectivity index (χ0n) is 11.0. The van der Waals surface area contributed by atoms with Crippen molar-refractivity contribution in [2.24, 2.45) is 13.0 Å². The molecule has 1 saturated carbocycles. The van der Waals surface area contributed by atoms with Crippen LogP contribution in [0.15, 0.2) is 0 Å². The maximum atomic E-state index is 6.03. The maximum Gasteiger partial charge on any atom is 0.158 e. The second kappa shape index (κ2) is 4.57. The van der Waals surface area contributed by atoms with Crippen LogP contribution < -0.4 is 0 Å². The Bertz CT molecular complexity index is 565. The molecule has 0 saturated heterocycles. The van der Waals surface area contributed by atoms with Gasteiger partial charge >= 0.3 is 0 Å². The van der Waals surface area contributed by atoms with Gasteiger partial charge in [0.1, 0.15) is 11.3 Å². The SMILES string of the molecule is CCCc1nn(C)c2c1nc(CCl)n2CC1CC1. The maximum absolute atomic E-state index is 6.03. The second-order valence-corrected chi connectivity index (χ2v) is 5.48. The summed E-state index contributed by atoms with van der Waals surface area (Å²) in [6, 6.07) is 0. The molecule has 0 N–H and O–H groups in total. The summed E-state index contributed by atoms with van der Waals surface area (Å²) in [5.41, 5.74) is 3.30. The van der Waals surface area contributed by atoms with Gasteiger partial charge in [-0.15, -0.1) is 11.6 Å². The first kappa shape index (κ1) is 12.0. The molecule has 98 valence electrons. The van der Waals surface area contributed by atoms with Gasteiger partial charge in [-0.25, -0.2) is 4.98 Å². The Labute approximate surface area is 112 Å². The third-order valence-electron chi connectivity index (χ3n) is 3.61. The Kier molecular flexibility index (Phi) is 3.06. The fourth-order valence-corrected chi connectivity index (χ4v) is 2.75. The van der Waals surface area contributed by atoms with Crippen LogP contribution in [0.1, 0.15) is 37.7 Å². The van der Waals surface area contributed by atoms with Crippen LogP contribution in [0.2, 0.25) is 0 Å². The lowest BCUT2D eigenvalue weighted by Gasteiger charge is -2.06. The molecule has 0 bridgehead atoms. The van der Waals surface area contributed by atoms with Gasteiger partial charge in [-0.2, -0.15) is 5.10 Å². The lowest BCUT2D eigenvalue weighted by molar-refractivity contribution is 0.600. The Morgan fingerprint density at radius 1 is 1.39 bits per heavy atom. The Morgan fingerprint density at radius 3 is 2.78 bits per heavy atom. The van der Waals surface area contributed by atoms with Crippen LogP contribution in [0.3, 0.4) is 0 Å². The fourth-order valence-electron chi connectivity index (χ4n) is 2.54. The molecular formula is C13H19ClN4. The summed E-state index contributed by atoms with van der Waals surface area (Å²) in [7, 11) is 2.00. The minimum atomic E-state index is 0.479. The van der Waals surface area contributed by atoms with Gasteiger partial charge < -0.3 is 4.57 Å². The molecule has 0 aromatic carbocycles. The van der Waals surface area contributed by atoms with Crippen molar-refractivity contribution in [1.82, 2.24) is 19.3 Å². The van der Waals surface area contributed by atoms with Crippen LogP contribution in [-0.2, 0) is 25.9 Å². The highest BCUT2D eigenvalue weighted by molar-refractivity contribution is 6.16. The number of rotatable bonds is 5.